The van der Waals surface area contributed by atoms with Gasteiger partial charge in [0.25, 0.3) is 5.56 Å². The van der Waals surface area contributed by atoms with Crippen LogP contribution in [0.2, 0.25) is 0 Å². The van der Waals surface area contributed by atoms with Crippen molar-refractivity contribution >= 4 is 0 Å². The zero-order chi connectivity index (χ0) is 33.6. The highest BCUT2D eigenvalue weighted by Gasteiger charge is 2.42. The Kier molecular flexibility index (Phi) is 9.11. The molecule has 6 heteroatoms. The monoisotopic (exact) mass is 641 g/mol. The first-order chi connectivity index (χ1) is 24.1. The van der Waals surface area contributed by atoms with Gasteiger partial charge in [-0.05, 0) is 75.2 Å². The number of tetrazole rings is 1. The third-order valence-electron chi connectivity index (χ3n) is 9.35. The summed E-state index contributed by atoms with van der Waals surface area (Å²) < 4.78 is 3.82. The van der Waals surface area contributed by atoms with E-state index in [4.69, 9.17) is 10.3 Å². The molecule has 0 N–H and O–H groups in total. The minimum atomic E-state index is -0.850. The maximum atomic E-state index is 13.1. The average molecular weight is 642 g/mol. The summed E-state index contributed by atoms with van der Waals surface area (Å²) in [5.41, 5.74) is 8.48. The molecule has 0 saturated heterocycles. The average Bonchev–Trinajstić information content (AvgIpc) is 3.64. The fraction of sp³-hybridized carbons (Fsp3) is 0.163. The van der Waals surface area contributed by atoms with Gasteiger partial charge in [0.05, 0.1) is 6.54 Å². The van der Waals surface area contributed by atoms with E-state index < -0.39 is 5.54 Å². The van der Waals surface area contributed by atoms with Gasteiger partial charge in [0, 0.05) is 17.3 Å². The molecule has 0 unspecified atom stereocenters. The van der Waals surface area contributed by atoms with Crippen molar-refractivity contribution in [3.05, 3.63) is 196 Å². The van der Waals surface area contributed by atoms with Crippen molar-refractivity contribution in [1.29, 1.82) is 0 Å². The van der Waals surface area contributed by atoms with Gasteiger partial charge >= 0.3 is 0 Å². The van der Waals surface area contributed by atoms with E-state index in [0.29, 0.717) is 12.4 Å². The SMILES string of the molecule is CCCCc1cc(C)n(Cc2ccc(-c3ccccc3-c3nnnn3C(c3ccccc3)(c3ccccc3)c3ccccc3)cc2)c(=O)c1. The van der Waals surface area contributed by atoms with Crippen molar-refractivity contribution in [2.75, 3.05) is 0 Å². The summed E-state index contributed by atoms with van der Waals surface area (Å²) in [5.74, 6) is 0.654. The van der Waals surface area contributed by atoms with Crippen LogP contribution in [0, 0.1) is 6.92 Å². The standard InChI is InChI=1S/C43H39N5O/c1-3-4-16-34-29-32(2)47(41(49)30-34)31-33-25-27-35(28-26-33)39-23-14-15-24-40(39)42-44-45-46-48(42)43(36-17-8-5-9-18-36,37-19-10-6-11-20-37)38-21-12-7-13-22-38/h5-15,17-30H,3-4,16,31H2,1-2H3. The van der Waals surface area contributed by atoms with Crippen LogP contribution in [0.4, 0.5) is 0 Å². The van der Waals surface area contributed by atoms with E-state index in [9.17, 15) is 4.79 Å². The smallest absolute Gasteiger partial charge is 0.251 e. The van der Waals surface area contributed by atoms with Crippen molar-refractivity contribution < 1.29 is 0 Å². The van der Waals surface area contributed by atoms with E-state index in [1.54, 1.807) is 6.07 Å². The first-order valence-electron chi connectivity index (χ1n) is 16.9. The fourth-order valence-corrected chi connectivity index (χ4v) is 6.91. The molecule has 0 saturated carbocycles. The summed E-state index contributed by atoms with van der Waals surface area (Å²) in [5, 5.41) is 13.8. The molecule has 0 fully saturated rings. The van der Waals surface area contributed by atoms with Crippen LogP contribution in [0.1, 0.15) is 53.3 Å². The molecule has 0 aliphatic heterocycles. The van der Waals surface area contributed by atoms with Crippen molar-refractivity contribution in [3.63, 3.8) is 0 Å². The molecule has 49 heavy (non-hydrogen) atoms. The van der Waals surface area contributed by atoms with Crippen molar-refractivity contribution in [1.82, 2.24) is 24.8 Å². The topological polar surface area (TPSA) is 65.6 Å². The van der Waals surface area contributed by atoms with Gasteiger partial charge in [-0.25, -0.2) is 4.68 Å². The van der Waals surface area contributed by atoms with Gasteiger partial charge < -0.3 is 4.57 Å². The molecule has 0 spiro atoms. The largest absolute Gasteiger partial charge is 0.309 e. The van der Waals surface area contributed by atoms with E-state index in [1.807, 2.05) is 46.5 Å². The zero-order valence-electron chi connectivity index (χ0n) is 27.9. The summed E-state index contributed by atoms with van der Waals surface area (Å²) >= 11 is 0. The third-order valence-corrected chi connectivity index (χ3v) is 9.35. The lowest BCUT2D eigenvalue weighted by atomic mass is 9.77. The number of nitrogens with zero attached hydrogens (tertiary/aromatic N) is 5. The quantitative estimate of drug-likeness (QED) is 0.133. The first kappa shape index (κ1) is 31.7. The molecule has 7 rings (SSSR count). The Morgan fingerprint density at radius 2 is 1.18 bits per heavy atom. The van der Waals surface area contributed by atoms with Gasteiger partial charge in [0.2, 0.25) is 0 Å². The van der Waals surface area contributed by atoms with Gasteiger partial charge in [-0.15, -0.1) is 5.10 Å². The number of hydrogen-bond acceptors (Lipinski definition) is 4. The van der Waals surface area contributed by atoms with Gasteiger partial charge in [0.1, 0.15) is 5.54 Å². The Bertz CT molecular complexity index is 2110. The molecule has 6 nitrogen and oxygen atoms in total. The predicted molar refractivity (Wildman–Crippen MR) is 196 cm³/mol. The molecular weight excluding hydrogens is 603 g/mol. The minimum Gasteiger partial charge on any atom is -0.309 e. The maximum absolute atomic E-state index is 13.1. The van der Waals surface area contributed by atoms with E-state index in [2.05, 4.69) is 127 Å². The van der Waals surface area contributed by atoms with Gasteiger partial charge in [-0.2, -0.15) is 0 Å². The van der Waals surface area contributed by atoms with Gasteiger partial charge in [-0.3, -0.25) is 4.79 Å². The Hall–Kier alpha value is -5.88. The molecule has 0 aliphatic carbocycles. The van der Waals surface area contributed by atoms with Crippen LogP contribution in [-0.4, -0.2) is 24.8 Å². The molecule has 7 aromatic rings. The Morgan fingerprint density at radius 3 is 1.73 bits per heavy atom. The van der Waals surface area contributed by atoms with Crippen LogP contribution in [0.3, 0.4) is 0 Å². The minimum absolute atomic E-state index is 0.0473. The highest BCUT2D eigenvalue weighted by Crippen LogP contribution is 2.43. The number of aromatic nitrogens is 5. The molecule has 2 heterocycles. The molecule has 0 bridgehead atoms. The predicted octanol–water partition coefficient (Wildman–Crippen LogP) is 8.71. The number of rotatable bonds is 11. The van der Waals surface area contributed by atoms with E-state index in [0.717, 1.165) is 69.5 Å². The molecule has 5 aromatic carbocycles. The number of unbranched alkanes of at least 4 members (excludes halogenated alkanes) is 1. The Balaban J connectivity index is 1.32. The number of pyridine rings is 1. The molecule has 0 aliphatic rings. The second kappa shape index (κ2) is 14.1. The van der Waals surface area contributed by atoms with Gasteiger partial charge in [0.15, 0.2) is 5.82 Å². The second-order valence-electron chi connectivity index (χ2n) is 12.5. The van der Waals surface area contributed by atoms with Crippen LogP contribution >= 0.6 is 0 Å². The van der Waals surface area contributed by atoms with Crippen molar-refractivity contribution in [2.24, 2.45) is 0 Å². The highest BCUT2D eigenvalue weighted by molar-refractivity contribution is 5.81. The maximum Gasteiger partial charge on any atom is 0.251 e. The number of hydrogen-bond donors (Lipinski definition) is 0. The summed E-state index contributed by atoms with van der Waals surface area (Å²) in [7, 11) is 0. The summed E-state index contributed by atoms with van der Waals surface area (Å²) in [6, 6.07) is 52.0. The third kappa shape index (κ3) is 6.14. The summed E-state index contributed by atoms with van der Waals surface area (Å²) in [6.45, 7) is 4.71. The fourth-order valence-electron chi connectivity index (χ4n) is 6.91. The van der Waals surface area contributed by atoms with Crippen molar-refractivity contribution in [3.8, 4) is 22.5 Å². The summed E-state index contributed by atoms with van der Waals surface area (Å²) in [6.07, 6.45) is 3.14. The van der Waals surface area contributed by atoms with E-state index in [1.165, 1.54) is 0 Å². The molecule has 0 atom stereocenters. The molecule has 0 radical (unpaired) electrons. The number of aryl methyl sites for hydroxylation is 2. The molecule has 2 aromatic heterocycles. The zero-order valence-corrected chi connectivity index (χ0v) is 27.9. The Labute approximate surface area is 287 Å². The molecular formula is C43H39N5O. The van der Waals surface area contributed by atoms with E-state index in [-0.39, 0.29) is 5.56 Å². The molecule has 242 valence electrons. The van der Waals surface area contributed by atoms with Crippen LogP contribution in [0.5, 0.6) is 0 Å². The summed E-state index contributed by atoms with van der Waals surface area (Å²) in [4.78, 5) is 13.1. The van der Waals surface area contributed by atoms with Crippen LogP contribution in [0.25, 0.3) is 22.5 Å². The lowest BCUT2D eigenvalue weighted by Gasteiger charge is -2.36. The van der Waals surface area contributed by atoms with Gasteiger partial charge in [-0.1, -0.05) is 153 Å². The first-order valence-corrected chi connectivity index (χ1v) is 16.9. The Morgan fingerprint density at radius 1 is 0.633 bits per heavy atom. The highest BCUT2D eigenvalue weighted by atomic mass is 16.1. The normalized spacial score (nSPS) is 11.5. The number of benzene rings is 5. The lowest BCUT2D eigenvalue weighted by molar-refractivity contribution is 0.451. The van der Waals surface area contributed by atoms with Crippen LogP contribution < -0.4 is 5.56 Å². The second-order valence-corrected chi connectivity index (χ2v) is 12.5. The van der Waals surface area contributed by atoms with Crippen LogP contribution in [0.15, 0.2) is 156 Å². The lowest BCUT2D eigenvalue weighted by Crippen LogP contribution is -2.39. The van der Waals surface area contributed by atoms with Crippen LogP contribution in [-0.2, 0) is 18.5 Å². The molecule has 0 amide bonds. The van der Waals surface area contributed by atoms with Crippen molar-refractivity contribution in [2.45, 2.75) is 45.2 Å². The van der Waals surface area contributed by atoms with E-state index >= 15 is 0 Å².